The van der Waals surface area contributed by atoms with Crippen LogP contribution in [-0.2, 0) is 19.4 Å². The average Bonchev–Trinajstić information content (AvgIpc) is 3.15. The maximum Gasteiger partial charge on any atom is 0.240 e. The highest BCUT2D eigenvalue weighted by Gasteiger charge is 2.25. The molecule has 28 heavy (non-hydrogen) atoms. The maximum atomic E-state index is 6.18. The molecule has 0 radical (unpaired) electrons. The molecule has 1 aliphatic heterocycles. The van der Waals surface area contributed by atoms with E-state index in [1.807, 2.05) is 24.3 Å². The topological polar surface area (TPSA) is 54.2 Å². The molecule has 1 atom stereocenters. The summed E-state index contributed by atoms with van der Waals surface area (Å²) in [6, 6.07) is 18.7. The van der Waals surface area contributed by atoms with Crippen molar-refractivity contribution in [1.29, 1.82) is 0 Å². The van der Waals surface area contributed by atoms with E-state index in [1.165, 1.54) is 11.1 Å². The van der Waals surface area contributed by atoms with E-state index in [9.17, 15) is 0 Å². The number of aryl methyl sites for hydroxylation is 2. The number of halogens is 2. The Labute approximate surface area is 176 Å². The fourth-order valence-corrected chi connectivity index (χ4v) is 3.71. The summed E-state index contributed by atoms with van der Waals surface area (Å²) in [4.78, 5) is 6.97. The fourth-order valence-electron chi connectivity index (χ4n) is 3.51. The third-order valence-corrected chi connectivity index (χ3v) is 5.15. The van der Waals surface area contributed by atoms with Gasteiger partial charge in [0.05, 0.1) is 6.54 Å². The van der Waals surface area contributed by atoms with E-state index < -0.39 is 0 Å². The van der Waals surface area contributed by atoms with E-state index in [-0.39, 0.29) is 18.4 Å². The van der Waals surface area contributed by atoms with Crippen LogP contribution in [0.1, 0.15) is 28.9 Å². The monoisotopic (exact) mass is 418 g/mol. The Morgan fingerprint density at radius 2 is 1.96 bits per heavy atom. The minimum atomic E-state index is 0. The molecule has 2 aromatic carbocycles. The summed E-state index contributed by atoms with van der Waals surface area (Å²) in [5.41, 5.74) is 2.49. The van der Waals surface area contributed by atoms with Crippen LogP contribution in [-0.4, -0.2) is 34.7 Å². The molecule has 1 aliphatic rings. The van der Waals surface area contributed by atoms with Gasteiger partial charge in [-0.25, -0.2) is 0 Å². The Morgan fingerprint density at radius 3 is 2.79 bits per heavy atom. The molecule has 0 aliphatic carbocycles. The standard InChI is InChI=1S/C21H23ClN4O.ClH/c22-18-8-4-7-17(13-18)19-14-23-11-12-26(19)15-21-24-20(25-27-21)10-9-16-5-2-1-3-6-16;/h1-8,13,19,23H,9-12,14-15H2;1H. The molecular formula is C21H24Cl2N4O. The lowest BCUT2D eigenvalue weighted by atomic mass is 10.0. The minimum absolute atomic E-state index is 0. The Kier molecular flexibility index (Phi) is 7.45. The predicted octanol–water partition coefficient (Wildman–Crippen LogP) is 4.08. The van der Waals surface area contributed by atoms with Gasteiger partial charge in [-0.3, -0.25) is 4.90 Å². The Balaban J connectivity index is 0.00000225. The third kappa shape index (κ3) is 5.32. The molecule has 0 bridgehead atoms. The number of aromatic nitrogens is 2. The first-order chi connectivity index (χ1) is 13.3. The number of piperazine rings is 1. The summed E-state index contributed by atoms with van der Waals surface area (Å²) in [6.45, 7) is 3.41. The first-order valence-corrected chi connectivity index (χ1v) is 9.71. The van der Waals surface area contributed by atoms with Crippen molar-refractivity contribution in [1.82, 2.24) is 20.4 Å². The van der Waals surface area contributed by atoms with Gasteiger partial charge in [-0.1, -0.05) is 59.2 Å². The van der Waals surface area contributed by atoms with E-state index in [0.29, 0.717) is 12.4 Å². The van der Waals surface area contributed by atoms with Crippen molar-refractivity contribution >= 4 is 24.0 Å². The highest BCUT2D eigenvalue weighted by molar-refractivity contribution is 6.30. The number of hydrogen-bond acceptors (Lipinski definition) is 5. The van der Waals surface area contributed by atoms with Crippen molar-refractivity contribution in [3.8, 4) is 0 Å². The Bertz CT molecular complexity index is 872. The molecule has 5 nitrogen and oxygen atoms in total. The average molecular weight is 419 g/mol. The second-order valence-corrected chi connectivity index (χ2v) is 7.27. The highest BCUT2D eigenvalue weighted by Crippen LogP contribution is 2.26. The smallest absolute Gasteiger partial charge is 0.240 e. The summed E-state index contributed by atoms with van der Waals surface area (Å²) < 4.78 is 5.51. The summed E-state index contributed by atoms with van der Waals surface area (Å²) in [5, 5.41) is 8.38. The van der Waals surface area contributed by atoms with Gasteiger partial charge in [0.2, 0.25) is 5.89 Å². The van der Waals surface area contributed by atoms with Gasteiger partial charge in [0, 0.05) is 37.1 Å². The third-order valence-electron chi connectivity index (χ3n) is 4.92. The predicted molar refractivity (Wildman–Crippen MR) is 113 cm³/mol. The van der Waals surface area contributed by atoms with Gasteiger partial charge < -0.3 is 9.84 Å². The lowest BCUT2D eigenvalue weighted by Gasteiger charge is -2.35. The van der Waals surface area contributed by atoms with Crippen molar-refractivity contribution < 1.29 is 4.52 Å². The van der Waals surface area contributed by atoms with Gasteiger partial charge in [-0.15, -0.1) is 12.4 Å². The van der Waals surface area contributed by atoms with Crippen molar-refractivity contribution in [2.24, 2.45) is 0 Å². The maximum absolute atomic E-state index is 6.18. The molecule has 0 amide bonds. The number of hydrogen-bond donors (Lipinski definition) is 1. The van der Waals surface area contributed by atoms with Crippen molar-refractivity contribution in [2.45, 2.75) is 25.4 Å². The van der Waals surface area contributed by atoms with E-state index in [4.69, 9.17) is 16.1 Å². The molecule has 3 aromatic rings. The van der Waals surface area contributed by atoms with Crippen LogP contribution >= 0.6 is 24.0 Å². The van der Waals surface area contributed by atoms with Crippen LogP contribution in [0.3, 0.4) is 0 Å². The van der Waals surface area contributed by atoms with Crippen molar-refractivity contribution in [3.05, 3.63) is 82.5 Å². The minimum Gasteiger partial charge on any atom is -0.338 e. The largest absolute Gasteiger partial charge is 0.338 e. The lowest BCUT2D eigenvalue weighted by Crippen LogP contribution is -2.45. The van der Waals surface area contributed by atoms with Crippen molar-refractivity contribution in [3.63, 3.8) is 0 Å². The van der Waals surface area contributed by atoms with Gasteiger partial charge >= 0.3 is 0 Å². The van der Waals surface area contributed by atoms with Crippen LogP contribution in [0, 0.1) is 0 Å². The molecular weight excluding hydrogens is 395 g/mol. The second kappa shape index (κ2) is 10.0. The molecule has 1 fully saturated rings. The van der Waals surface area contributed by atoms with Gasteiger partial charge in [0.25, 0.3) is 0 Å². The fraction of sp³-hybridized carbons (Fsp3) is 0.333. The van der Waals surface area contributed by atoms with Crippen LogP contribution in [0.15, 0.2) is 59.1 Å². The molecule has 4 rings (SSSR count). The highest BCUT2D eigenvalue weighted by atomic mass is 35.5. The molecule has 0 saturated carbocycles. The summed E-state index contributed by atoms with van der Waals surface area (Å²) in [7, 11) is 0. The van der Waals surface area contributed by atoms with E-state index in [0.717, 1.165) is 43.3 Å². The first-order valence-electron chi connectivity index (χ1n) is 9.33. The number of rotatable bonds is 6. The van der Waals surface area contributed by atoms with Crippen molar-refractivity contribution in [2.75, 3.05) is 19.6 Å². The van der Waals surface area contributed by atoms with Gasteiger partial charge in [-0.2, -0.15) is 4.98 Å². The van der Waals surface area contributed by atoms with E-state index in [2.05, 4.69) is 50.7 Å². The van der Waals surface area contributed by atoms with Gasteiger partial charge in [0.1, 0.15) is 0 Å². The second-order valence-electron chi connectivity index (χ2n) is 6.84. The number of benzene rings is 2. The molecule has 0 spiro atoms. The van der Waals surface area contributed by atoms with Crippen LogP contribution in [0.2, 0.25) is 5.02 Å². The Morgan fingerprint density at radius 1 is 1.11 bits per heavy atom. The summed E-state index contributed by atoms with van der Waals surface area (Å²) >= 11 is 6.18. The molecule has 2 heterocycles. The van der Waals surface area contributed by atoms with Gasteiger partial charge in [-0.05, 0) is 29.7 Å². The Hall–Kier alpha value is -1.92. The normalized spacial score (nSPS) is 17.2. The lowest BCUT2D eigenvalue weighted by molar-refractivity contribution is 0.135. The number of nitrogens with one attached hydrogen (secondary N) is 1. The molecule has 1 unspecified atom stereocenters. The van der Waals surface area contributed by atoms with Crippen LogP contribution in [0.25, 0.3) is 0 Å². The van der Waals surface area contributed by atoms with Gasteiger partial charge in [0.15, 0.2) is 5.82 Å². The molecule has 1 saturated heterocycles. The number of nitrogens with zero attached hydrogens (tertiary/aromatic N) is 3. The van der Waals surface area contributed by atoms with E-state index in [1.54, 1.807) is 0 Å². The quantitative estimate of drug-likeness (QED) is 0.653. The molecule has 1 N–H and O–H groups in total. The zero-order valence-corrected chi connectivity index (χ0v) is 17.1. The van der Waals surface area contributed by atoms with Crippen LogP contribution in [0.4, 0.5) is 0 Å². The molecule has 7 heteroatoms. The van der Waals surface area contributed by atoms with Crippen LogP contribution < -0.4 is 5.32 Å². The zero-order valence-electron chi connectivity index (χ0n) is 15.6. The zero-order chi connectivity index (χ0) is 18.5. The summed E-state index contributed by atoms with van der Waals surface area (Å²) in [6.07, 6.45) is 1.70. The SMILES string of the molecule is Cl.Clc1cccc(C2CNCCN2Cc2nc(CCc3ccccc3)no2)c1. The molecule has 148 valence electrons. The summed E-state index contributed by atoms with van der Waals surface area (Å²) in [5.74, 6) is 1.44. The van der Waals surface area contributed by atoms with E-state index >= 15 is 0 Å². The molecule has 1 aromatic heterocycles. The van der Waals surface area contributed by atoms with Crippen LogP contribution in [0.5, 0.6) is 0 Å². The first kappa shape index (κ1) is 20.8.